The molecule has 0 bridgehead atoms. The first-order valence-corrected chi connectivity index (χ1v) is 7.79. The number of fused-ring (bicyclic) bond motifs is 2. The first kappa shape index (κ1) is 16.3. The lowest BCUT2D eigenvalue weighted by atomic mass is 10.2. The van der Waals surface area contributed by atoms with Crippen molar-refractivity contribution >= 4 is 22.5 Å². The monoisotopic (exact) mass is 361 g/mol. The Balaban J connectivity index is 1.64. The average molecular weight is 361 g/mol. The Morgan fingerprint density at radius 1 is 1.12 bits per heavy atom. The molecule has 1 N–H and O–H groups in total. The van der Waals surface area contributed by atoms with Crippen LogP contribution in [-0.4, -0.2) is 29.4 Å². The van der Waals surface area contributed by atoms with Crippen LogP contribution < -0.4 is 5.32 Å². The molecule has 0 atom stereocenters. The Labute approximate surface area is 145 Å². The highest BCUT2D eigenvalue weighted by molar-refractivity contribution is 5.79. The molecule has 0 radical (unpaired) electrons. The predicted octanol–water partition coefficient (Wildman–Crippen LogP) is 2.95. The molecule has 1 aromatic carbocycles. The normalized spacial score (nSPS) is 12.2. The van der Waals surface area contributed by atoms with Crippen LogP contribution in [-0.2, 0) is 19.8 Å². The molecule has 7 nitrogen and oxygen atoms in total. The SMILES string of the molecule is Cc1cccc2nc(CNc3ccc4nnc(C(F)(F)F)n4n3)n(C)c12. The van der Waals surface area contributed by atoms with Crippen LogP contribution in [0.2, 0.25) is 0 Å². The molecule has 4 aromatic rings. The van der Waals surface area contributed by atoms with Gasteiger partial charge < -0.3 is 9.88 Å². The van der Waals surface area contributed by atoms with Crippen molar-refractivity contribution in [2.24, 2.45) is 7.05 Å². The first-order chi connectivity index (χ1) is 12.3. The molecular weight excluding hydrogens is 347 g/mol. The molecule has 0 aliphatic carbocycles. The van der Waals surface area contributed by atoms with Crippen LogP contribution in [0.5, 0.6) is 0 Å². The predicted molar refractivity (Wildman–Crippen MR) is 88.6 cm³/mol. The third-order valence-corrected chi connectivity index (χ3v) is 4.13. The smallest absolute Gasteiger partial charge is 0.361 e. The van der Waals surface area contributed by atoms with Crippen LogP contribution in [0, 0.1) is 6.92 Å². The molecule has 26 heavy (non-hydrogen) atoms. The van der Waals surface area contributed by atoms with Crippen molar-refractivity contribution in [3.05, 3.63) is 47.5 Å². The molecular formula is C16H14F3N7. The number of para-hydroxylation sites is 1. The van der Waals surface area contributed by atoms with E-state index in [9.17, 15) is 13.2 Å². The fourth-order valence-corrected chi connectivity index (χ4v) is 2.90. The van der Waals surface area contributed by atoms with Crippen LogP contribution in [0.3, 0.4) is 0 Å². The maximum atomic E-state index is 12.9. The highest BCUT2D eigenvalue weighted by Gasteiger charge is 2.37. The molecule has 134 valence electrons. The molecule has 10 heteroatoms. The number of halogens is 3. The first-order valence-electron chi connectivity index (χ1n) is 7.79. The van der Waals surface area contributed by atoms with E-state index < -0.39 is 12.0 Å². The zero-order valence-corrected chi connectivity index (χ0v) is 13.9. The summed E-state index contributed by atoms with van der Waals surface area (Å²) < 4.78 is 41.5. The molecule has 0 spiro atoms. The Bertz CT molecular complexity index is 1110. The van der Waals surface area contributed by atoms with Crippen molar-refractivity contribution in [2.45, 2.75) is 19.6 Å². The minimum atomic E-state index is -4.63. The number of aromatic nitrogens is 6. The van der Waals surface area contributed by atoms with Crippen LogP contribution in [0.1, 0.15) is 17.2 Å². The molecule has 0 amide bonds. The quantitative estimate of drug-likeness (QED) is 0.607. The number of aryl methyl sites for hydroxylation is 2. The molecule has 3 aromatic heterocycles. The third kappa shape index (κ3) is 2.63. The molecule has 0 saturated carbocycles. The molecule has 0 unspecified atom stereocenters. The van der Waals surface area contributed by atoms with E-state index in [4.69, 9.17) is 0 Å². The van der Waals surface area contributed by atoms with Gasteiger partial charge in [-0.2, -0.15) is 17.7 Å². The zero-order chi connectivity index (χ0) is 18.5. The van der Waals surface area contributed by atoms with Gasteiger partial charge in [-0.1, -0.05) is 12.1 Å². The number of benzene rings is 1. The molecule has 3 heterocycles. The minimum Gasteiger partial charge on any atom is -0.361 e. The van der Waals surface area contributed by atoms with Crippen molar-refractivity contribution in [1.29, 1.82) is 0 Å². The van der Waals surface area contributed by atoms with Crippen LogP contribution >= 0.6 is 0 Å². The second kappa shape index (κ2) is 5.68. The topological polar surface area (TPSA) is 72.9 Å². The van der Waals surface area contributed by atoms with Gasteiger partial charge in [0, 0.05) is 7.05 Å². The highest BCUT2D eigenvalue weighted by Crippen LogP contribution is 2.27. The van der Waals surface area contributed by atoms with Gasteiger partial charge in [0.25, 0.3) is 5.82 Å². The Morgan fingerprint density at radius 2 is 1.92 bits per heavy atom. The van der Waals surface area contributed by atoms with Crippen molar-refractivity contribution in [1.82, 2.24) is 29.4 Å². The number of imidazole rings is 1. The van der Waals surface area contributed by atoms with Gasteiger partial charge in [-0.15, -0.1) is 15.3 Å². The Kier molecular flexibility index (Phi) is 3.56. The lowest BCUT2D eigenvalue weighted by molar-refractivity contribution is -0.146. The summed E-state index contributed by atoms with van der Waals surface area (Å²) in [5.74, 6) is -0.142. The number of hydrogen-bond donors (Lipinski definition) is 1. The van der Waals surface area contributed by atoms with Crippen molar-refractivity contribution in [2.75, 3.05) is 5.32 Å². The van der Waals surface area contributed by atoms with Crippen molar-refractivity contribution in [3.63, 3.8) is 0 Å². The van der Waals surface area contributed by atoms with Gasteiger partial charge in [-0.05, 0) is 30.7 Å². The second-order valence-electron chi connectivity index (χ2n) is 5.89. The standard InChI is InChI=1S/C16H14F3N7/c1-9-4-3-5-10-14(9)25(2)13(21-10)8-20-11-6-7-12-22-23-15(16(17,18)19)26(12)24-11/h3-7H,8H2,1-2H3,(H,20,24). The van der Waals surface area contributed by atoms with Gasteiger partial charge in [0.2, 0.25) is 0 Å². The molecule has 4 rings (SSSR count). The summed E-state index contributed by atoms with van der Waals surface area (Å²) in [6.07, 6.45) is -4.63. The van der Waals surface area contributed by atoms with E-state index >= 15 is 0 Å². The largest absolute Gasteiger partial charge is 0.453 e. The van der Waals surface area contributed by atoms with E-state index in [-0.39, 0.29) is 11.5 Å². The van der Waals surface area contributed by atoms with Gasteiger partial charge in [-0.25, -0.2) is 4.98 Å². The maximum Gasteiger partial charge on any atom is 0.453 e. The lowest BCUT2D eigenvalue weighted by Gasteiger charge is -2.08. The number of hydrogen-bond acceptors (Lipinski definition) is 5. The molecule has 0 fully saturated rings. The van der Waals surface area contributed by atoms with Gasteiger partial charge in [0.05, 0.1) is 17.6 Å². The number of nitrogens with zero attached hydrogens (tertiary/aromatic N) is 6. The van der Waals surface area contributed by atoms with E-state index in [1.165, 1.54) is 6.07 Å². The van der Waals surface area contributed by atoms with E-state index in [0.717, 1.165) is 22.4 Å². The van der Waals surface area contributed by atoms with Crippen LogP contribution in [0.25, 0.3) is 16.7 Å². The third-order valence-electron chi connectivity index (χ3n) is 4.13. The summed E-state index contributed by atoms with van der Waals surface area (Å²) in [4.78, 5) is 4.56. The van der Waals surface area contributed by atoms with Gasteiger partial charge >= 0.3 is 6.18 Å². The summed E-state index contributed by atoms with van der Waals surface area (Å²) in [6, 6.07) is 8.83. The van der Waals surface area contributed by atoms with Gasteiger partial charge in [-0.3, -0.25) is 0 Å². The van der Waals surface area contributed by atoms with Crippen LogP contribution in [0.15, 0.2) is 30.3 Å². The fourth-order valence-electron chi connectivity index (χ4n) is 2.90. The van der Waals surface area contributed by atoms with E-state index in [1.54, 1.807) is 6.07 Å². The van der Waals surface area contributed by atoms with E-state index in [0.29, 0.717) is 11.1 Å². The van der Waals surface area contributed by atoms with Crippen molar-refractivity contribution in [3.8, 4) is 0 Å². The van der Waals surface area contributed by atoms with E-state index in [2.05, 4.69) is 25.6 Å². The highest BCUT2D eigenvalue weighted by atomic mass is 19.4. The average Bonchev–Trinajstić information content (AvgIpc) is 3.14. The summed E-state index contributed by atoms with van der Waals surface area (Å²) in [6.45, 7) is 2.31. The number of rotatable bonds is 3. The summed E-state index contributed by atoms with van der Waals surface area (Å²) in [7, 11) is 1.90. The lowest BCUT2D eigenvalue weighted by Crippen LogP contribution is -2.14. The zero-order valence-electron chi connectivity index (χ0n) is 13.9. The minimum absolute atomic E-state index is 0.0289. The van der Waals surface area contributed by atoms with Crippen LogP contribution in [0.4, 0.5) is 19.0 Å². The maximum absolute atomic E-state index is 12.9. The number of nitrogens with one attached hydrogen (secondary N) is 1. The molecule has 0 aliphatic heterocycles. The van der Waals surface area contributed by atoms with E-state index in [1.807, 2.05) is 36.7 Å². The Hall–Kier alpha value is -3.17. The fraction of sp³-hybridized carbons (Fsp3) is 0.250. The number of anilines is 1. The molecule has 0 saturated heterocycles. The summed E-state index contributed by atoms with van der Waals surface area (Å²) in [5.41, 5.74) is 3.01. The summed E-state index contributed by atoms with van der Waals surface area (Å²) in [5, 5.41) is 13.6. The second-order valence-corrected chi connectivity index (χ2v) is 5.89. The van der Waals surface area contributed by atoms with Gasteiger partial charge in [0.1, 0.15) is 11.6 Å². The number of alkyl halides is 3. The Morgan fingerprint density at radius 3 is 2.65 bits per heavy atom. The van der Waals surface area contributed by atoms with Gasteiger partial charge in [0.15, 0.2) is 5.65 Å². The van der Waals surface area contributed by atoms with Crippen molar-refractivity contribution < 1.29 is 13.2 Å². The molecule has 0 aliphatic rings. The summed E-state index contributed by atoms with van der Waals surface area (Å²) >= 11 is 0.